The minimum atomic E-state index is -1.25. The number of rotatable bonds is 2. The maximum atomic E-state index is 12.5. The number of ether oxygens (including phenoxy) is 1. The van der Waals surface area contributed by atoms with Gasteiger partial charge in [-0.25, -0.2) is 0 Å². The molecule has 1 heterocycles. The molecule has 7 bridgehead atoms. The molecule has 6 aliphatic rings. The van der Waals surface area contributed by atoms with Crippen LogP contribution in [0.1, 0.15) is 46.0 Å². The summed E-state index contributed by atoms with van der Waals surface area (Å²) in [6, 6.07) is -0.0290. The molecule has 0 aromatic rings. The molecule has 6 nitrogen and oxygen atoms in total. The zero-order chi connectivity index (χ0) is 19.9. The molecule has 4 N–H and O–H groups in total. The molecule has 0 unspecified atom stereocenters. The first kappa shape index (κ1) is 18.5. The molecular formula is C22H35NO5. The Morgan fingerprint density at radius 2 is 1.93 bits per heavy atom. The number of methoxy groups -OCH3 is 1. The highest BCUT2D eigenvalue weighted by atomic mass is 16.5. The molecule has 6 rings (SSSR count). The maximum absolute atomic E-state index is 12.5. The van der Waals surface area contributed by atoms with Crippen LogP contribution in [0.5, 0.6) is 0 Å². The van der Waals surface area contributed by atoms with Crippen molar-refractivity contribution in [3.63, 3.8) is 0 Å². The second kappa shape index (κ2) is 5.14. The zero-order valence-electron chi connectivity index (χ0n) is 17.2. The third-order valence-electron chi connectivity index (χ3n) is 10.8. The van der Waals surface area contributed by atoms with Crippen LogP contribution in [0.25, 0.3) is 0 Å². The highest BCUT2D eigenvalue weighted by molar-refractivity contribution is 5.37. The Balaban J connectivity index is 1.64. The first-order valence-electron chi connectivity index (χ1n) is 11.3. The lowest BCUT2D eigenvalue weighted by Crippen LogP contribution is -2.81. The Labute approximate surface area is 166 Å². The van der Waals surface area contributed by atoms with Crippen LogP contribution in [0.3, 0.4) is 0 Å². The average Bonchev–Trinajstić information content (AvgIpc) is 3.07. The van der Waals surface area contributed by atoms with Crippen LogP contribution >= 0.6 is 0 Å². The van der Waals surface area contributed by atoms with E-state index in [2.05, 4.69) is 18.7 Å². The van der Waals surface area contributed by atoms with Crippen molar-refractivity contribution < 1.29 is 25.2 Å². The topological polar surface area (TPSA) is 93.4 Å². The van der Waals surface area contributed by atoms with Crippen molar-refractivity contribution in [2.75, 3.05) is 20.2 Å². The van der Waals surface area contributed by atoms with Crippen LogP contribution in [-0.4, -0.2) is 81.1 Å². The van der Waals surface area contributed by atoms with E-state index in [1.165, 1.54) is 0 Å². The number of aliphatic hydroxyl groups is 4. The fraction of sp³-hybridized carbons (Fsp3) is 1.00. The minimum absolute atomic E-state index is 0.0290. The summed E-state index contributed by atoms with van der Waals surface area (Å²) >= 11 is 0. The molecule has 1 spiro atoms. The standard InChI is InChI=1S/C22H35NO5/c1-4-23-10-19(2)6-5-15(24)22-14(19)7-12(18(22)23)20(26)9-13(28-3)11-8-21(22,27)17(20)16(11)25/h11-18,24-27H,4-10H2,1-3H3/t11-,12+,13+,14-,15+,16+,17-,18-,19+,20+,21+,22+/m1/s1. The fourth-order valence-electron chi connectivity index (χ4n) is 10.1. The zero-order valence-corrected chi connectivity index (χ0v) is 17.2. The summed E-state index contributed by atoms with van der Waals surface area (Å²) in [6.45, 7) is 6.31. The van der Waals surface area contributed by atoms with Crippen molar-refractivity contribution in [1.29, 1.82) is 0 Å². The largest absolute Gasteiger partial charge is 0.392 e. The molecule has 5 aliphatic carbocycles. The van der Waals surface area contributed by atoms with Gasteiger partial charge in [0.2, 0.25) is 0 Å². The molecule has 0 aromatic heterocycles. The van der Waals surface area contributed by atoms with Crippen LogP contribution in [0.4, 0.5) is 0 Å². The molecule has 6 fully saturated rings. The van der Waals surface area contributed by atoms with Gasteiger partial charge in [-0.3, -0.25) is 4.90 Å². The molecule has 0 radical (unpaired) electrons. The number of nitrogens with zero attached hydrogens (tertiary/aromatic N) is 1. The van der Waals surface area contributed by atoms with Gasteiger partial charge < -0.3 is 25.2 Å². The Hall–Kier alpha value is -0.240. The predicted molar refractivity (Wildman–Crippen MR) is 101 cm³/mol. The van der Waals surface area contributed by atoms with Crippen LogP contribution in [-0.2, 0) is 4.74 Å². The Kier molecular flexibility index (Phi) is 3.40. The molecular weight excluding hydrogens is 358 g/mol. The monoisotopic (exact) mass is 393 g/mol. The molecule has 158 valence electrons. The van der Waals surface area contributed by atoms with Gasteiger partial charge in [-0.1, -0.05) is 13.8 Å². The van der Waals surface area contributed by atoms with Crippen LogP contribution in [0.15, 0.2) is 0 Å². The van der Waals surface area contributed by atoms with Gasteiger partial charge in [-0.15, -0.1) is 0 Å². The number of hydrogen-bond acceptors (Lipinski definition) is 6. The molecule has 12 atom stereocenters. The van der Waals surface area contributed by atoms with E-state index in [9.17, 15) is 20.4 Å². The van der Waals surface area contributed by atoms with Gasteiger partial charge in [0.15, 0.2) is 0 Å². The van der Waals surface area contributed by atoms with Crippen molar-refractivity contribution in [3.8, 4) is 0 Å². The molecule has 0 amide bonds. The minimum Gasteiger partial charge on any atom is -0.392 e. The third-order valence-corrected chi connectivity index (χ3v) is 10.8. The highest BCUT2D eigenvalue weighted by Gasteiger charge is 2.87. The predicted octanol–water partition coefficient (Wildman–Crippen LogP) is 0.365. The van der Waals surface area contributed by atoms with Gasteiger partial charge in [0.05, 0.1) is 29.5 Å². The lowest BCUT2D eigenvalue weighted by molar-refractivity contribution is -0.321. The van der Waals surface area contributed by atoms with Gasteiger partial charge in [0.1, 0.15) is 0 Å². The Morgan fingerprint density at radius 3 is 2.61 bits per heavy atom. The van der Waals surface area contributed by atoms with Crippen molar-refractivity contribution in [2.24, 2.45) is 34.5 Å². The van der Waals surface area contributed by atoms with Gasteiger partial charge in [0, 0.05) is 49.3 Å². The molecule has 5 saturated carbocycles. The van der Waals surface area contributed by atoms with E-state index < -0.39 is 34.7 Å². The lowest BCUT2D eigenvalue weighted by atomic mass is 9.42. The SMILES string of the molecule is CCN1C[C@]2(C)CC[C@H](O)[C@@]34[C@@H]2C[C@@H]([C@@H]13)[C@@]1(O)C[C@H](OC)[C@H]2C[C@]4(O)[C@@H]1[C@H]2O. The summed E-state index contributed by atoms with van der Waals surface area (Å²) in [5, 5.41) is 47.4. The summed E-state index contributed by atoms with van der Waals surface area (Å²) in [5.74, 6) is -0.613. The lowest BCUT2D eigenvalue weighted by Gasteiger charge is -2.71. The number of likely N-dealkylation sites (tertiary alicyclic amines) is 1. The number of fused-ring (bicyclic) bond motifs is 2. The van der Waals surface area contributed by atoms with Gasteiger partial charge in [0.25, 0.3) is 0 Å². The fourth-order valence-corrected chi connectivity index (χ4v) is 10.1. The van der Waals surface area contributed by atoms with E-state index in [0.717, 1.165) is 25.9 Å². The van der Waals surface area contributed by atoms with Crippen LogP contribution < -0.4 is 0 Å². The van der Waals surface area contributed by atoms with Gasteiger partial charge >= 0.3 is 0 Å². The van der Waals surface area contributed by atoms with Crippen LogP contribution in [0.2, 0.25) is 0 Å². The first-order valence-corrected chi connectivity index (χ1v) is 11.3. The first-order chi connectivity index (χ1) is 13.2. The van der Waals surface area contributed by atoms with Gasteiger partial charge in [-0.2, -0.15) is 0 Å². The number of aliphatic hydroxyl groups excluding tert-OH is 2. The smallest absolute Gasteiger partial charge is 0.0831 e. The second-order valence-corrected chi connectivity index (χ2v) is 11.3. The van der Waals surface area contributed by atoms with Gasteiger partial charge in [-0.05, 0) is 43.6 Å². The number of hydrogen-bond donors (Lipinski definition) is 4. The summed E-state index contributed by atoms with van der Waals surface area (Å²) in [6.07, 6.45) is 1.79. The molecule has 6 heteroatoms. The van der Waals surface area contributed by atoms with Crippen LogP contribution in [0, 0.1) is 34.5 Å². The molecule has 0 aromatic carbocycles. The molecule has 1 saturated heterocycles. The Morgan fingerprint density at radius 1 is 1.18 bits per heavy atom. The van der Waals surface area contributed by atoms with E-state index >= 15 is 0 Å². The summed E-state index contributed by atoms with van der Waals surface area (Å²) in [4.78, 5) is 2.45. The van der Waals surface area contributed by atoms with E-state index in [1.54, 1.807) is 7.11 Å². The average molecular weight is 394 g/mol. The maximum Gasteiger partial charge on any atom is 0.0831 e. The van der Waals surface area contributed by atoms with Crippen molar-refractivity contribution in [3.05, 3.63) is 0 Å². The van der Waals surface area contributed by atoms with Crippen molar-refractivity contribution in [1.82, 2.24) is 4.90 Å². The van der Waals surface area contributed by atoms with E-state index in [4.69, 9.17) is 4.74 Å². The summed E-state index contributed by atoms with van der Waals surface area (Å²) < 4.78 is 5.72. The summed E-state index contributed by atoms with van der Waals surface area (Å²) in [5.41, 5.74) is -3.02. The second-order valence-electron chi connectivity index (χ2n) is 11.3. The van der Waals surface area contributed by atoms with E-state index in [1.807, 2.05) is 0 Å². The van der Waals surface area contributed by atoms with E-state index in [0.29, 0.717) is 19.3 Å². The third kappa shape index (κ3) is 1.59. The molecule has 28 heavy (non-hydrogen) atoms. The van der Waals surface area contributed by atoms with Crippen molar-refractivity contribution in [2.45, 2.75) is 81.5 Å². The molecule has 1 aliphatic heterocycles. The summed E-state index contributed by atoms with van der Waals surface area (Å²) in [7, 11) is 1.65. The quantitative estimate of drug-likeness (QED) is 0.542. The van der Waals surface area contributed by atoms with E-state index in [-0.39, 0.29) is 35.3 Å². The Bertz CT molecular complexity index is 719. The highest BCUT2D eigenvalue weighted by Crippen LogP contribution is 2.79. The normalized spacial score (nSPS) is 67.0. The number of piperidine rings is 1. The van der Waals surface area contributed by atoms with Crippen molar-refractivity contribution >= 4 is 0 Å².